The Morgan fingerprint density at radius 2 is 1.96 bits per heavy atom. The number of hydrogen-bond donors (Lipinski definition) is 1. The van der Waals surface area contributed by atoms with E-state index in [4.69, 9.17) is 9.47 Å². The number of carboxylic acids is 1. The average Bonchev–Trinajstić information content (AvgIpc) is 2.51. The van der Waals surface area contributed by atoms with E-state index in [9.17, 15) is 14.7 Å². The van der Waals surface area contributed by atoms with E-state index < -0.39 is 17.4 Å². The first-order valence-electron chi connectivity index (χ1n) is 7.57. The van der Waals surface area contributed by atoms with Crippen molar-refractivity contribution in [3.63, 3.8) is 0 Å². The van der Waals surface area contributed by atoms with E-state index >= 15 is 0 Å². The molecule has 0 saturated carbocycles. The molecular weight excluding hydrogens is 298 g/mol. The van der Waals surface area contributed by atoms with E-state index in [-0.39, 0.29) is 5.91 Å². The van der Waals surface area contributed by atoms with E-state index in [0.717, 1.165) is 12.8 Å². The maximum Gasteiger partial charge on any atom is 0.326 e. The van der Waals surface area contributed by atoms with Gasteiger partial charge < -0.3 is 19.5 Å². The number of amides is 1. The Morgan fingerprint density at radius 1 is 1.26 bits per heavy atom. The monoisotopic (exact) mass is 321 g/mol. The molecule has 126 valence electrons. The van der Waals surface area contributed by atoms with E-state index in [0.29, 0.717) is 23.6 Å². The molecule has 1 aliphatic rings. The van der Waals surface area contributed by atoms with Crippen LogP contribution >= 0.6 is 0 Å². The predicted octanol–water partition coefficient (Wildman–Crippen LogP) is 2.42. The van der Waals surface area contributed by atoms with Gasteiger partial charge in [-0.25, -0.2) is 4.79 Å². The highest BCUT2D eigenvalue weighted by molar-refractivity contribution is 5.99. The van der Waals surface area contributed by atoms with Crippen molar-refractivity contribution >= 4 is 11.9 Å². The quantitative estimate of drug-likeness (QED) is 0.921. The predicted molar refractivity (Wildman–Crippen MR) is 85.0 cm³/mol. The van der Waals surface area contributed by atoms with E-state index in [1.165, 1.54) is 19.1 Å². The second-order valence-electron chi connectivity index (χ2n) is 6.40. The molecule has 1 aliphatic heterocycles. The zero-order valence-corrected chi connectivity index (χ0v) is 14.0. The van der Waals surface area contributed by atoms with Crippen LogP contribution in [0.5, 0.6) is 11.5 Å². The van der Waals surface area contributed by atoms with Gasteiger partial charge in [-0.3, -0.25) is 4.79 Å². The molecule has 1 unspecified atom stereocenters. The summed E-state index contributed by atoms with van der Waals surface area (Å²) in [5, 5.41) is 9.60. The Kier molecular flexibility index (Phi) is 4.82. The van der Waals surface area contributed by atoms with E-state index in [1.807, 2.05) is 13.8 Å². The molecule has 1 saturated heterocycles. The number of benzene rings is 1. The fourth-order valence-corrected chi connectivity index (χ4v) is 3.21. The molecule has 0 bridgehead atoms. The van der Waals surface area contributed by atoms with Crippen LogP contribution in [0.25, 0.3) is 0 Å². The van der Waals surface area contributed by atoms with Crippen molar-refractivity contribution in [2.75, 3.05) is 20.8 Å². The van der Waals surface area contributed by atoms with Crippen LogP contribution in [0, 0.1) is 5.41 Å². The number of hydrogen-bond acceptors (Lipinski definition) is 4. The molecule has 1 amide bonds. The summed E-state index contributed by atoms with van der Waals surface area (Å²) in [5.74, 6) is -0.353. The number of piperidine rings is 1. The van der Waals surface area contributed by atoms with Gasteiger partial charge in [0, 0.05) is 12.6 Å². The third kappa shape index (κ3) is 3.25. The molecule has 1 atom stereocenters. The van der Waals surface area contributed by atoms with Crippen LogP contribution in [0.2, 0.25) is 0 Å². The van der Waals surface area contributed by atoms with Gasteiger partial charge in [0.1, 0.15) is 17.5 Å². The maximum atomic E-state index is 12.9. The molecule has 1 N–H and O–H groups in total. The molecule has 1 aromatic carbocycles. The zero-order chi connectivity index (χ0) is 17.2. The summed E-state index contributed by atoms with van der Waals surface area (Å²) in [7, 11) is 3.00. The second-order valence-corrected chi connectivity index (χ2v) is 6.40. The summed E-state index contributed by atoms with van der Waals surface area (Å²) in [6, 6.07) is 4.05. The van der Waals surface area contributed by atoms with Crippen LogP contribution in [-0.4, -0.2) is 48.7 Å². The largest absolute Gasteiger partial charge is 0.497 e. The Balaban J connectivity index is 2.40. The van der Waals surface area contributed by atoms with Crippen molar-refractivity contribution in [3.05, 3.63) is 23.8 Å². The fourth-order valence-electron chi connectivity index (χ4n) is 3.21. The molecule has 0 radical (unpaired) electrons. The minimum absolute atomic E-state index is 0.329. The topological polar surface area (TPSA) is 76.1 Å². The average molecular weight is 321 g/mol. The Hall–Kier alpha value is -2.24. The fraction of sp³-hybridized carbons (Fsp3) is 0.529. The highest BCUT2D eigenvalue weighted by atomic mass is 16.5. The number of methoxy groups -OCH3 is 2. The number of rotatable bonds is 4. The van der Waals surface area contributed by atoms with E-state index in [1.54, 1.807) is 18.2 Å². The first kappa shape index (κ1) is 17.1. The van der Waals surface area contributed by atoms with Gasteiger partial charge in [-0.15, -0.1) is 0 Å². The summed E-state index contributed by atoms with van der Waals surface area (Å²) in [6.07, 6.45) is 1.55. The number of likely N-dealkylation sites (tertiary alicyclic amines) is 1. The van der Waals surface area contributed by atoms with Crippen LogP contribution in [0.3, 0.4) is 0 Å². The highest BCUT2D eigenvalue weighted by Gasteiger charge is 2.45. The van der Waals surface area contributed by atoms with Gasteiger partial charge in [-0.1, -0.05) is 13.8 Å². The van der Waals surface area contributed by atoms with Crippen molar-refractivity contribution in [2.45, 2.75) is 32.7 Å². The molecule has 6 heteroatoms. The van der Waals surface area contributed by atoms with Gasteiger partial charge >= 0.3 is 5.97 Å². The van der Waals surface area contributed by atoms with Crippen LogP contribution in [0.1, 0.15) is 37.0 Å². The summed E-state index contributed by atoms with van der Waals surface area (Å²) in [5.41, 5.74) is -0.128. The highest BCUT2D eigenvalue weighted by Crippen LogP contribution is 2.37. The Bertz CT molecular complexity index is 611. The van der Waals surface area contributed by atoms with Gasteiger partial charge in [0.25, 0.3) is 5.91 Å². The van der Waals surface area contributed by atoms with E-state index in [2.05, 4.69) is 0 Å². The third-order valence-corrected chi connectivity index (χ3v) is 4.41. The number of carboxylic acid groups (broad SMARTS) is 1. The standard InChI is InChI=1S/C17H23NO5/c1-17(2)8-5-9-18(14(17)16(20)21)15(19)12-7-6-11(22-3)10-13(12)23-4/h6-7,10,14H,5,8-9H2,1-4H3,(H,20,21). The van der Waals surface area contributed by atoms with Crippen molar-refractivity contribution in [3.8, 4) is 11.5 Å². The van der Waals surface area contributed by atoms with Crippen LogP contribution in [0.15, 0.2) is 18.2 Å². The van der Waals surface area contributed by atoms with Crippen LogP contribution in [0.4, 0.5) is 0 Å². The van der Waals surface area contributed by atoms with Gasteiger partial charge in [0.15, 0.2) is 0 Å². The van der Waals surface area contributed by atoms with Crippen molar-refractivity contribution in [2.24, 2.45) is 5.41 Å². The lowest BCUT2D eigenvalue weighted by Crippen LogP contribution is -2.56. The lowest BCUT2D eigenvalue weighted by molar-refractivity contribution is -0.148. The van der Waals surface area contributed by atoms with Crippen molar-refractivity contribution in [1.29, 1.82) is 0 Å². The number of aliphatic carboxylic acids is 1. The molecule has 2 rings (SSSR count). The molecule has 1 heterocycles. The minimum atomic E-state index is -0.976. The summed E-state index contributed by atoms with van der Waals surface area (Å²) in [4.78, 5) is 26.1. The number of carbonyl (C=O) groups is 2. The minimum Gasteiger partial charge on any atom is -0.497 e. The Morgan fingerprint density at radius 3 is 2.52 bits per heavy atom. The molecule has 6 nitrogen and oxygen atoms in total. The Labute approximate surface area is 136 Å². The lowest BCUT2D eigenvalue weighted by atomic mass is 9.76. The molecule has 23 heavy (non-hydrogen) atoms. The SMILES string of the molecule is COc1ccc(C(=O)N2CCCC(C)(C)C2C(=O)O)c(OC)c1. The first-order valence-corrected chi connectivity index (χ1v) is 7.57. The normalized spacial score (nSPS) is 20.0. The molecular formula is C17H23NO5. The zero-order valence-electron chi connectivity index (χ0n) is 14.0. The molecule has 0 aliphatic carbocycles. The first-order chi connectivity index (χ1) is 10.8. The summed E-state index contributed by atoms with van der Waals surface area (Å²) < 4.78 is 10.4. The number of carbonyl (C=O) groups excluding carboxylic acids is 1. The number of nitrogens with zero attached hydrogens (tertiary/aromatic N) is 1. The van der Waals surface area contributed by atoms with Crippen LogP contribution < -0.4 is 9.47 Å². The number of ether oxygens (including phenoxy) is 2. The van der Waals surface area contributed by atoms with Crippen molar-refractivity contribution in [1.82, 2.24) is 4.90 Å². The smallest absolute Gasteiger partial charge is 0.326 e. The van der Waals surface area contributed by atoms with Gasteiger partial charge in [0.2, 0.25) is 0 Å². The van der Waals surface area contributed by atoms with Crippen molar-refractivity contribution < 1.29 is 24.2 Å². The second kappa shape index (κ2) is 6.48. The van der Waals surface area contributed by atoms with Crippen LogP contribution in [-0.2, 0) is 4.79 Å². The summed E-state index contributed by atoms with van der Waals surface area (Å²) in [6.45, 7) is 4.20. The molecule has 0 spiro atoms. The molecule has 0 aromatic heterocycles. The lowest BCUT2D eigenvalue weighted by Gasteiger charge is -2.44. The van der Waals surface area contributed by atoms with Gasteiger partial charge in [0.05, 0.1) is 19.8 Å². The van der Waals surface area contributed by atoms with Gasteiger partial charge in [-0.05, 0) is 30.4 Å². The molecule has 1 fully saturated rings. The van der Waals surface area contributed by atoms with Gasteiger partial charge in [-0.2, -0.15) is 0 Å². The maximum absolute atomic E-state index is 12.9. The third-order valence-electron chi connectivity index (χ3n) is 4.41. The summed E-state index contributed by atoms with van der Waals surface area (Å²) >= 11 is 0. The molecule has 1 aromatic rings.